The maximum absolute atomic E-state index is 13.0. The van der Waals surface area contributed by atoms with Gasteiger partial charge in [0.25, 0.3) is 0 Å². The molecule has 3 aliphatic rings. The number of imide groups is 1. The van der Waals surface area contributed by atoms with Crippen molar-refractivity contribution in [2.45, 2.75) is 70.6 Å². The van der Waals surface area contributed by atoms with Crippen molar-refractivity contribution in [3.63, 3.8) is 0 Å². The van der Waals surface area contributed by atoms with Crippen LogP contribution in [0.25, 0.3) is 11.0 Å². The van der Waals surface area contributed by atoms with E-state index in [0.717, 1.165) is 0 Å². The van der Waals surface area contributed by atoms with Crippen molar-refractivity contribution in [2.24, 2.45) is 12.5 Å². The number of benzene rings is 1. The fraction of sp³-hybridized carbons (Fsp3) is 0.552. The molecule has 3 saturated heterocycles. The Bertz CT molecular complexity index is 1520. The van der Waals surface area contributed by atoms with E-state index in [1.165, 1.54) is 9.13 Å². The first-order chi connectivity index (χ1) is 18.9. The second-order valence-corrected chi connectivity index (χ2v) is 11.9. The number of ketones is 1. The summed E-state index contributed by atoms with van der Waals surface area (Å²) in [7, 11) is 1.64. The van der Waals surface area contributed by atoms with Gasteiger partial charge in [-0.25, -0.2) is 9.59 Å². The number of Topliss-reactive ketones (excluding diaryl/α,β-unsaturated/α-hetero) is 1. The maximum Gasteiger partial charge on any atom is 0.410 e. The summed E-state index contributed by atoms with van der Waals surface area (Å²) in [6.07, 6.45) is 1.48. The van der Waals surface area contributed by atoms with Crippen molar-refractivity contribution in [3.05, 3.63) is 34.2 Å². The number of carbonyl (C=O) groups excluding carboxylic acids is 4. The van der Waals surface area contributed by atoms with Crippen LogP contribution in [-0.2, 0) is 26.2 Å². The molecule has 1 spiro atoms. The molecule has 3 fully saturated rings. The summed E-state index contributed by atoms with van der Waals surface area (Å²) in [5.74, 6) is 5.68. The lowest BCUT2D eigenvalue weighted by Crippen LogP contribution is -2.74. The van der Waals surface area contributed by atoms with Gasteiger partial charge in [0, 0.05) is 51.5 Å². The van der Waals surface area contributed by atoms with Crippen LogP contribution in [0.1, 0.15) is 64.5 Å². The van der Waals surface area contributed by atoms with Crippen molar-refractivity contribution < 1.29 is 23.9 Å². The smallest absolute Gasteiger partial charge is 0.410 e. The molecule has 1 aromatic heterocycles. The number of nitrogens with one attached hydrogen (secondary N) is 2. The molecule has 3 unspecified atom stereocenters. The highest BCUT2D eigenvalue weighted by Crippen LogP contribution is 2.43. The molecule has 0 radical (unpaired) electrons. The molecule has 11 nitrogen and oxygen atoms in total. The number of aromatic nitrogens is 2. The summed E-state index contributed by atoms with van der Waals surface area (Å²) < 4.78 is 8.49. The number of likely N-dealkylation sites (tertiary alicyclic amines) is 1. The number of piperidine rings is 2. The van der Waals surface area contributed by atoms with Gasteiger partial charge in [0.1, 0.15) is 17.4 Å². The number of ether oxygens (including phenoxy) is 1. The molecule has 0 bridgehead atoms. The van der Waals surface area contributed by atoms with Crippen LogP contribution in [0.15, 0.2) is 23.0 Å². The zero-order valence-corrected chi connectivity index (χ0v) is 23.3. The lowest BCUT2D eigenvalue weighted by atomic mass is 9.65. The quantitative estimate of drug-likeness (QED) is 0.439. The van der Waals surface area contributed by atoms with E-state index < -0.39 is 29.1 Å². The predicted octanol–water partition coefficient (Wildman–Crippen LogP) is 1.62. The van der Waals surface area contributed by atoms with Gasteiger partial charge in [-0.1, -0.05) is 11.8 Å². The van der Waals surface area contributed by atoms with Crippen LogP contribution >= 0.6 is 0 Å². The molecule has 5 rings (SSSR count). The molecular formula is C29H35N5O6. The van der Waals surface area contributed by atoms with E-state index in [4.69, 9.17) is 4.74 Å². The summed E-state index contributed by atoms with van der Waals surface area (Å²) in [5.41, 5.74) is 0.362. The van der Waals surface area contributed by atoms with Crippen LogP contribution in [0.3, 0.4) is 0 Å². The number of aryl methyl sites for hydroxylation is 1. The zero-order valence-electron chi connectivity index (χ0n) is 23.3. The predicted molar refractivity (Wildman–Crippen MR) is 146 cm³/mol. The molecule has 3 aliphatic heterocycles. The standard InChI is InChI=1S/C29H35N5O6/c1-28(2,3)40-27(39)33-17-29(16-30-14-13-23(29)35)22(33)8-6-5-7-18-9-10-19-21(15-18)32(4)26(38)34(19)20-11-12-24(36)31-25(20)37/h9-10,15,20,22,30H,6,8,11-14,16-17H2,1-4H3,(H,31,36,37). The minimum absolute atomic E-state index is 0.177. The van der Waals surface area contributed by atoms with Gasteiger partial charge in [-0.15, -0.1) is 0 Å². The molecule has 212 valence electrons. The first-order valence-electron chi connectivity index (χ1n) is 13.7. The molecule has 1 aromatic carbocycles. The molecule has 3 atom stereocenters. The maximum atomic E-state index is 13.0. The molecule has 3 amide bonds. The van der Waals surface area contributed by atoms with Gasteiger partial charge in [-0.3, -0.25) is 28.8 Å². The minimum atomic E-state index is -0.745. The van der Waals surface area contributed by atoms with Crippen molar-refractivity contribution in [2.75, 3.05) is 19.6 Å². The monoisotopic (exact) mass is 549 g/mol. The topological polar surface area (TPSA) is 132 Å². The first kappa shape index (κ1) is 27.6. The van der Waals surface area contributed by atoms with Gasteiger partial charge >= 0.3 is 11.8 Å². The van der Waals surface area contributed by atoms with Gasteiger partial charge in [0.2, 0.25) is 11.8 Å². The normalized spacial score (nSPS) is 24.9. The minimum Gasteiger partial charge on any atom is -0.444 e. The lowest BCUT2D eigenvalue weighted by Gasteiger charge is -2.57. The van der Waals surface area contributed by atoms with E-state index in [0.29, 0.717) is 55.5 Å². The average molecular weight is 550 g/mol. The Kier molecular flexibility index (Phi) is 7.08. The van der Waals surface area contributed by atoms with Gasteiger partial charge in [0.05, 0.1) is 22.5 Å². The summed E-state index contributed by atoms with van der Waals surface area (Å²) in [4.78, 5) is 64.4. The van der Waals surface area contributed by atoms with Gasteiger partial charge in [-0.2, -0.15) is 0 Å². The Morgan fingerprint density at radius 1 is 1.15 bits per heavy atom. The van der Waals surface area contributed by atoms with Crippen LogP contribution in [0, 0.1) is 17.3 Å². The van der Waals surface area contributed by atoms with Gasteiger partial charge < -0.3 is 15.0 Å². The van der Waals surface area contributed by atoms with Gasteiger partial charge in [0.15, 0.2) is 0 Å². The number of hydrogen-bond acceptors (Lipinski definition) is 7. The zero-order chi connectivity index (χ0) is 28.8. The summed E-state index contributed by atoms with van der Waals surface area (Å²) in [6.45, 7) is 6.99. The molecule has 40 heavy (non-hydrogen) atoms. The Labute approximate surface area is 232 Å². The summed E-state index contributed by atoms with van der Waals surface area (Å²) >= 11 is 0. The number of carbonyl (C=O) groups is 4. The molecule has 0 saturated carbocycles. The molecular weight excluding hydrogens is 514 g/mol. The summed E-state index contributed by atoms with van der Waals surface area (Å²) in [5, 5.41) is 5.62. The number of nitrogens with zero attached hydrogens (tertiary/aromatic N) is 3. The molecule has 11 heteroatoms. The van der Waals surface area contributed by atoms with E-state index in [2.05, 4.69) is 22.5 Å². The van der Waals surface area contributed by atoms with Crippen molar-refractivity contribution in [1.82, 2.24) is 24.7 Å². The van der Waals surface area contributed by atoms with Gasteiger partial charge in [-0.05, 0) is 51.8 Å². The Morgan fingerprint density at radius 2 is 1.93 bits per heavy atom. The highest BCUT2D eigenvalue weighted by atomic mass is 16.6. The van der Waals surface area contributed by atoms with Crippen LogP contribution in [0.4, 0.5) is 4.79 Å². The third-order valence-electron chi connectivity index (χ3n) is 8.01. The van der Waals surface area contributed by atoms with E-state index >= 15 is 0 Å². The molecule has 2 N–H and O–H groups in total. The van der Waals surface area contributed by atoms with Crippen LogP contribution in [0.2, 0.25) is 0 Å². The Morgan fingerprint density at radius 3 is 2.62 bits per heavy atom. The summed E-state index contributed by atoms with van der Waals surface area (Å²) in [6, 6.07) is 4.33. The number of hydrogen-bond donors (Lipinski definition) is 2. The fourth-order valence-corrected chi connectivity index (χ4v) is 6.00. The SMILES string of the molecule is Cn1c(=O)n(C2CCC(=O)NC2=O)c2ccc(C#CCCC3N(C(=O)OC(C)(C)C)CC34CNCCC4=O)cc21. The third kappa shape index (κ3) is 4.92. The van der Waals surface area contributed by atoms with Crippen molar-refractivity contribution >= 4 is 34.7 Å². The second kappa shape index (κ2) is 10.2. The van der Waals surface area contributed by atoms with E-state index in [1.807, 2.05) is 20.8 Å². The van der Waals surface area contributed by atoms with E-state index in [-0.39, 0.29) is 36.3 Å². The van der Waals surface area contributed by atoms with Crippen molar-refractivity contribution in [3.8, 4) is 11.8 Å². The second-order valence-electron chi connectivity index (χ2n) is 11.9. The first-order valence-corrected chi connectivity index (χ1v) is 13.7. The molecule has 4 heterocycles. The van der Waals surface area contributed by atoms with Crippen molar-refractivity contribution in [1.29, 1.82) is 0 Å². The van der Waals surface area contributed by atoms with Crippen LogP contribution < -0.4 is 16.3 Å². The fourth-order valence-electron chi connectivity index (χ4n) is 6.00. The molecule has 0 aliphatic carbocycles. The number of rotatable bonds is 3. The molecule has 2 aromatic rings. The lowest BCUT2D eigenvalue weighted by molar-refractivity contribution is -0.151. The highest BCUT2D eigenvalue weighted by molar-refractivity contribution is 6.00. The number of fused-ring (bicyclic) bond motifs is 1. The van der Waals surface area contributed by atoms with Crippen LogP contribution in [0.5, 0.6) is 0 Å². The average Bonchev–Trinajstić information content (AvgIpc) is 3.11. The van der Waals surface area contributed by atoms with E-state index in [1.54, 1.807) is 30.1 Å². The Balaban J connectivity index is 1.33. The van der Waals surface area contributed by atoms with Crippen LogP contribution in [-0.4, -0.2) is 69.0 Å². The van der Waals surface area contributed by atoms with E-state index in [9.17, 15) is 24.0 Å². The number of imidazole rings is 1. The highest BCUT2D eigenvalue weighted by Gasteiger charge is 2.59. The Hall–Kier alpha value is -3.91. The number of amides is 3. The largest absolute Gasteiger partial charge is 0.444 e. The third-order valence-corrected chi connectivity index (χ3v) is 8.01.